The molecule has 0 aliphatic heterocycles. The first kappa shape index (κ1) is 19.9. The fraction of sp³-hybridized carbons (Fsp3) is 0.316. The van der Waals surface area contributed by atoms with Gasteiger partial charge in [-0.15, -0.1) is 11.3 Å². The average molecular weight is 422 g/mol. The van der Waals surface area contributed by atoms with Crippen LogP contribution in [0.25, 0.3) is 10.2 Å². The normalized spacial score (nSPS) is 11.1. The molecular weight excluding hydrogens is 402 g/mol. The van der Waals surface area contributed by atoms with Gasteiger partial charge in [-0.25, -0.2) is 4.98 Å². The molecule has 0 aliphatic carbocycles. The Morgan fingerprint density at radius 1 is 1.37 bits per heavy atom. The molecule has 0 fully saturated rings. The van der Waals surface area contributed by atoms with E-state index in [0.29, 0.717) is 26.9 Å². The molecule has 1 amide bonds. The van der Waals surface area contributed by atoms with Crippen molar-refractivity contribution in [1.29, 1.82) is 0 Å². The molecule has 3 aromatic rings. The van der Waals surface area contributed by atoms with Crippen molar-refractivity contribution in [2.75, 3.05) is 17.7 Å². The van der Waals surface area contributed by atoms with E-state index in [1.807, 2.05) is 23.6 Å². The molecule has 0 spiro atoms. The molecule has 0 N–H and O–H groups in total. The molecule has 0 saturated heterocycles. The second-order valence-electron chi connectivity index (χ2n) is 6.06. The summed E-state index contributed by atoms with van der Waals surface area (Å²) >= 11 is 8.71. The number of unbranched alkanes of at least 4 members (excludes halogenated alkanes) is 1. The van der Waals surface area contributed by atoms with E-state index in [-0.39, 0.29) is 17.2 Å². The number of thioether (sulfide) groups is 1. The number of aromatic nitrogens is 2. The number of rotatable bonds is 7. The Balaban J connectivity index is 1.81. The standard InChI is InChI=1S/C19H20ClN3O2S2/c1-3-4-9-23-18(25)17-15(8-10-26-17)21-19(23)27-12-16(24)22(2)14-7-5-6-13(20)11-14/h5-8,10-11H,3-4,9,12H2,1-2H3. The van der Waals surface area contributed by atoms with E-state index in [2.05, 4.69) is 11.9 Å². The molecule has 0 radical (unpaired) electrons. The maximum Gasteiger partial charge on any atom is 0.272 e. The zero-order valence-electron chi connectivity index (χ0n) is 15.1. The predicted molar refractivity (Wildman–Crippen MR) is 114 cm³/mol. The molecule has 0 unspecified atom stereocenters. The van der Waals surface area contributed by atoms with Gasteiger partial charge in [0.2, 0.25) is 5.91 Å². The van der Waals surface area contributed by atoms with Gasteiger partial charge in [0.15, 0.2) is 5.16 Å². The minimum absolute atomic E-state index is 0.0263. The van der Waals surface area contributed by atoms with Gasteiger partial charge in [-0.05, 0) is 36.1 Å². The number of anilines is 1. The summed E-state index contributed by atoms with van der Waals surface area (Å²) < 4.78 is 2.36. The Bertz CT molecular complexity index is 1020. The molecule has 3 rings (SSSR count). The number of carbonyl (C=O) groups is 1. The number of amides is 1. The summed E-state index contributed by atoms with van der Waals surface area (Å²) in [7, 11) is 1.72. The van der Waals surface area contributed by atoms with Gasteiger partial charge in [0.1, 0.15) is 4.70 Å². The minimum atomic E-state index is -0.0797. The highest BCUT2D eigenvalue weighted by Crippen LogP contribution is 2.23. The molecular formula is C19H20ClN3O2S2. The summed E-state index contributed by atoms with van der Waals surface area (Å²) in [6, 6.07) is 9.00. The van der Waals surface area contributed by atoms with E-state index in [9.17, 15) is 9.59 Å². The van der Waals surface area contributed by atoms with Crippen molar-refractivity contribution in [1.82, 2.24) is 9.55 Å². The third-order valence-corrected chi connectivity index (χ3v) is 6.25. The summed E-state index contributed by atoms with van der Waals surface area (Å²) in [6.07, 6.45) is 1.87. The van der Waals surface area contributed by atoms with Gasteiger partial charge in [-0.3, -0.25) is 14.2 Å². The maximum atomic E-state index is 12.8. The van der Waals surface area contributed by atoms with Gasteiger partial charge in [-0.1, -0.05) is 42.8 Å². The number of benzene rings is 1. The smallest absolute Gasteiger partial charge is 0.272 e. The highest BCUT2D eigenvalue weighted by molar-refractivity contribution is 7.99. The number of hydrogen-bond donors (Lipinski definition) is 0. The van der Waals surface area contributed by atoms with Crippen LogP contribution < -0.4 is 10.5 Å². The van der Waals surface area contributed by atoms with Gasteiger partial charge >= 0.3 is 0 Å². The fourth-order valence-corrected chi connectivity index (χ4v) is 4.50. The van der Waals surface area contributed by atoms with Crippen molar-refractivity contribution >= 4 is 56.5 Å². The van der Waals surface area contributed by atoms with Crippen LogP contribution in [-0.2, 0) is 11.3 Å². The molecule has 2 aromatic heterocycles. The van der Waals surface area contributed by atoms with Crippen molar-refractivity contribution in [3.63, 3.8) is 0 Å². The van der Waals surface area contributed by atoms with E-state index in [1.54, 1.807) is 28.6 Å². The van der Waals surface area contributed by atoms with Gasteiger partial charge < -0.3 is 4.90 Å². The lowest BCUT2D eigenvalue weighted by atomic mass is 10.3. The molecule has 27 heavy (non-hydrogen) atoms. The van der Waals surface area contributed by atoms with Crippen LogP contribution in [0, 0.1) is 0 Å². The first-order valence-corrected chi connectivity index (χ1v) is 10.9. The number of fused-ring (bicyclic) bond motifs is 1. The number of thiophene rings is 1. The molecule has 5 nitrogen and oxygen atoms in total. The van der Waals surface area contributed by atoms with Crippen LogP contribution in [0.5, 0.6) is 0 Å². The van der Waals surface area contributed by atoms with Crippen LogP contribution in [-0.4, -0.2) is 28.3 Å². The van der Waals surface area contributed by atoms with Crippen molar-refractivity contribution < 1.29 is 4.79 Å². The van der Waals surface area contributed by atoms with Crippen LogP contribution in [0.15, 0.2) is 45.7 Å². The second kappa shape index (κ2) is 8.91. The van der Waals surface area contributed by atoms with Crippen LogP contribution in [0.4, 0.5) is 5.69 Å². The van der Waals surface area contributed by atoms with Crippen LogP contribution >= 0.6 is 34.7 Å². The lowest BCUT2D eigenvalue weighted by Gasteiger charge is -2.18. The molecule has 8 heteroatoms. The van der Waals surface area contributed by atoms with E-state index >= 15 is 0 Å². The Labute approximate surface area is 171 Å². The summed E-state index contributed by atoms with van der Waals surface area (Å²) in [5, 5.41) is 3.04. The quantitative estimate of drug-likeness (QED) is 0.411. The molecule has 0 atom stereocenters. The first-order chi connectivity index (χ1) is 13.0. The fourth-order valence-electron chi connectivity index (χ4n) is 2.60. The van der Waals surface area contributed by atoms with Crippen LogP contribution in [0.2, 0.25) is 5.02 Å². The molecule has 142 valence electrons. The number of hydrogen-bond acceptors (Lipinski definition) is 5. The SMILES string of the molecule is CCCCn1c(SCC(=O)N(C)c2cccc(Cl)c2)nc2ccsc2c1=O. The predicted octanol–water partition coefficient (Wildman–Crippen LogP) is 4.67. The summed E-state index contributed by atoms with van der Waals surface area (Å²) in [5.41, 5.74) is 1.40. The monoisotopic (exact) mass is 421 g/mol. The topological polar surface area (TPSA) is 55.2 Å². The Morgan fingerprint density at radius 2 is 2.19 bits per heavy atom. The lowest BCUT2D eigenvalue weighted by Crippen LogP contribution is -2.29. The highest BCUT2D eigenvalue weighted by Gasteiger charge is 2.16. The zero-order valence-corrected chi connectivity index (χ0v) is 17.5. The van der Waals surface area contributed by atoms with Crippen LogP contribution in [0.3, 0.4) is 0 Å². The van der Waals surface area contributed by atoms with Gasteiger partial charge in [0.05, 0.1) is 11.3 Å². The summed E-state index contributed by atoms with van der Waals surface area (Å²) in [4.78, 5) is 31.5. The first-order valence-electron chi connectivity index (χ1n) is 8.64. The van der Waals surface area contributed by atoms with E-state index in [1.165, 1.54) is 23.1 Å². The van der Waals surface area contributed by atoms with Crippen molar-refractivity contribution in [3.05, 3.63) is 51.1 Å². The highest BCUT2D eigenvalue weighted by atomic mass is 35.5. The summed E-state index contributed by atoms with van der Waals surface area (Å²) in [5.74, 6) is 0.112. The maximum absolute atomic E-state index is 12.8. The van der Waals surface area contributed by atoms with Crippen molar-refractivity contribution in [3.8, 4) is 0 Å². The minimum Gasteiger partial charge on any atom is -0.315 e. The largest absolute Gasteiger partial charge is 0.315 e. The number of halogens is 1. The average Bonchev–Trinajstić information content (AvgIpc) is 3.13. The second-order valence-corrected chi connectivity index (χ2v) is 8.36. The van der Waals surface area contributed by atoms with Gasteiger partial charge in [0, 0.05) is 24.3 Å². The Morgan fingerprint density at radius 3 is 2.93 bits per heavy atom. The van der Waals surface area contributed by atoms with Crippen molar-refractivity contribution in [2.45, 2.75) is 31.5 Å². The third kappa shape index (κ3) is 4.54. The van der Waals surface area contributed by atoms with Crippen LogP contribution in [0.1, 0.15) is 19.8 Å². The third-order valence-electron chi connectivity index (χ3n) is 4.16. The number of nitrogens with zero attached hydrogens (tertiary/aromatic N) is 3. The summed E-state index contributed by atoms with van der Waals surface area (Å²) in [6.45, 7) is 2.69. The zero-order chi connectivity index (χ0) is 19.4. The van der Waals surface area contributed by atoms with E-state index in [4.69, 9.17) is 11.6 Å². The Kier molecular flexibility index (Phi) is 6.57. The van der Waals surface area contributed by atoms with E-state index < -0.39 is 0 Å². The molecule has 2 heterocycles. The van der Waals surface area contributed by atoms with Gasteiger partial charge in [-0.2, -0.15) is 0 Å². The molecule has 0 saturated carbocycles. The number of carbonyl (C=O) groups excluding carboxylic acids is 1. The van der Waals surface area contributed by atoms with Gasteiger partial charge in [0.25, 0.3) is 5.56 Å². The van der Waals surface area contributed by atoms with E-state index in [0.717, 1.165) is 18.5 Å². The van der Waals surface area contributed by atoms with Crippen molar-refractivity contribution in [2.24, 2.45) is 0 Å². The molecule has 1 aromatic carbocycles. The lowest BCUT2D eigenvalue weighted by molar-refractivity contribution is -0.115. The molecule has 0 bridgehead atoms. The Hall–Kier alpha value is -1.83. The molecule has 0 aliphatic rings.